The zero-order chi connectivity index (χ0) is 23.7. The number of nitro benzene ring substituents is 1. The molecule has 11 nitrogen and oxygen atoms in total. The number of hydrogen-bond acceptors (Lipinski definition) is 8. The molecule has 0 saturated heterocycles. The molecule has 0 fully saturated rings. The van der Waals surface area contributed by atoms with E-state index >= 15 is 0 Å². The third kappa shape index (κ3) is 3.86. The van der Waals surface area contributed by atoms with E-state index in [1.807, 2.05) is 6.07 Å². The number of nitrogens with one attached hydrogen (secondary N) is 2. The van der Waals surface area contributed by atoms with Crippen LogP contribution in [0.2, 0.25) is 0 Å². The molecule has 0 radical (unpaired) electrons. The quantitative estimate of drug-likeness (QED) is 0.344. The number of nitro groups is 1. The van der Waals surface area contributed by atoms with Crippen LogP contribution in [0.3, 0.4) is 0 Å². The number of rotatable bonds is 5. The van der Waals surface area contributed by atoms with E-state index in [0.29, 0.717) is 34.3 Å². The first kappa shape index (κ1) is 20.9. The molecule has 1 aromatic carbocycles. The highest BCUT2D eigenvalue weighted by Crippen LogP contribution is 2.36. The van der Waals surface area contributed by atoms with Gasteiger partial charge in [0, 0.05) is 42.0 Å². The molecule has 34 heavy (non-hydrogen) atoms. The van der Waals surface area contributed by atoms with Gasteiger partial charge in [0.1, 0.15) is 6.04 Å². The minimum absolute atomic E-state index is 0.0223. The first-order valence-corrected chi connectivity index (χ1v) is 10.3. The average Bonchev–Trinajstić information content (AvgIpc) is 3.28. The molecule has 168 valence electrons. The molecule has 1 aliphatic rings. The van der Waals surface area contributed by atoms with Gasteiger partial charge < -0.3 is 10.6 Å². The number of carbonyl (C=O) groups is 1. The molecular weight excluding hydrogens is 436 g/mol. The summed E-state index contributed by atoms with van der Waals surface area (Å²) in [5.41, 5.74) is 2.97. The summed E-state index contributed by atoms with van der Waals surface area (Å²) in [4.78, 5) is 36.7. The third-order valence-electron chi connectivity index (χ3n) is 5.35. The van der Waals surface area contributed by atoms with E-state index in [9.17, 15) is 14.9 Å². The maximum Gasteiger partial charge on any atom is 0.269 e. The van der Waals surface area contributed by atoms with Gasteiger partial charge in [-0.05, 0) is 42.8 Å². The zero-order valence-electron chi connectivity index (χ0n) is 17.9. The van der Waals surface area contributed by atoms with Gasteiger partial charge in [-0.3, -0.25) is 24.9 Å². The lowest BCUT2D eigenvalue weighted by molar-refractivity contribution is -0.384. The fraction of sp³-hybridized carbons (Fsp3) is 0.0870. The second-order valence-corrected chi connectivity index (χ2v) is 7.56. The van der Waals surface area contributed by atoms with Crippen molar-refractivity contribution >= 4 is 23.2 Å². The average molecular weight is 454 g/mol. The molecule has 0 bridgehead atoms. The number of aromatic nitrogens is 5. The predicted octanol–water partition coefficient (Wildman–Crippen LogP) is 3.57. The standard InChI is InChI=1S/C23H18N8O3/c1-14-19(22(32)27-17-5-3-11-25-13-17)20(16-4-2-10-24-12-16)30-23(26-14)28-21(29-30)15-6-8-18(9-7-15)31(33)34/h2-13,20H,1H3,(H,27,32)(H,26,28,29). The van der Waals surface area contributed by atoms with Crippen LogP contribution in [0.5, 0.6) is 0 Å². The summed E-state index contributed by atoms with van der Waals surface area (Å²) in [5.74, 6) is 0.496. The van der Waals surface area contributed by atoms with Gasteiger partial charge in [0.15, 0.2) is 5.82 Å². The molecule has 0 aliphatic carbocycles. The molecule has 0 spiro atoms. The molecule has 4 heterocycles. The maximum absolute atomic E-state index is 13.4. The van der Waals surface area contributed by atoms with E-state index < -0.39 is 11.0 Å². The van der Waals surface area contributed by atoms with E-state index in [1.165, 1.54) is 12.1 Å². The number of anilines is 2. The van der Waals surface area contributed by atoms with Gasteiger partial charge in [-0.1, -0.05) is 6.07 Å². The van der Waals surface area contributed by atoms with Crippen LogP contribution in [0.25, 0.3) is 11.4 Å². The lowest BCUT2D eigenvalue weighted by Gasteiger charge is -2.28. The highest BCUT2D eigenvalue weighted by molar-refractivity contribution is 6.05. The Bertz CT molecular complexity index is 1400. The van der Waals surface area contributed by atoms with E-state index in [0.717, 1.165) is 5.56 Å². The van der Waals surface area contributed by atoms with Crippen molar-refractivity contribution in [2.45, 2.75) is 13.0 Å². The Morgan fingerprint density at radius 2 is 1.82 bits per heavy atom. The van der Waals surface area contributed by atoms with Crippen LogP contribution in [0.1, 0.15) is 18.5 Å². The molecule has 0 saturated carbocycles. The van der Waals surface area contributed by atoms with Gasteiger partial charge in [-0.15, -0.1) is 5.10 Å². The van der Waals surface area contributed by atoms with Crippen LogP contribution in [-0.4, -0.2) is 35.6 Å². The van der Waals surface area contributed by atoms with Crippen LogP contribution in [0, 0.1) is 10.1 Å². The minimum atomic E-state index is -0.596. The van der Waals surface area contributed by atoms with Crippen molar-refractivity contribution in [3.8, 4) is 11.4 Å². The first-order chi connectivity index (χ1) is 16.5. The van der Waals surface area contributed by atoms with Crippen molar-refractivity contribution in [2.24, 2.45) is 0 Å². The zero-order valence-corrected chi connectivity index (χ0v) is 17.9. The van der Waals surface area contributed by atoms with E-state index in [2.05, 4.69) is 30.7 Å². The SMILES string of the molecule is CC1=C(C(=O)Nc2cccnc2)C(c2cccnc2)n2nc(-c3ccc([N+](=O)[O-])cc3)nc2N1. The Kier molecular flexibility index (Phi) is 5.26. The highest BCUT2D eigenvalue weighted by atomic mass is 16.6. The van der Waals surface area contributed by atoms with Gasteiger partial charge >= 0.3 is 0 Å². The lowest BCUT2D eigenvalue weighted by Crippen LogP contribution is -2.31. The summed E-state index contributed by atoms with van der Waals surface area (Å²) in [5, 5.41) is 21.7. The topological polar surface area (TPSA) is 141 Å². The Balaban J connectivity index is 1.57. The molecule has 2 N–H and O–H groups in total. The van der Waals surface area contributed by atoms with Gasteiger partial charge in [-0.25, -0.2) is 4.68 Å². The number of amides is 1. The predicted molar refractivity (Wildman–Crippen MR) is 124 cm³/mol. The molecule has 1 aliphatic heterocycles. The van der Waals surface area contributed by atoms with E-state index in [1.54, 1.807) is 66.7 Å². The molecule has 5 rings (SSSR count). The van der Waals surface area contributed by atoms with Crippen LogP contribution in [0.4, 0.5) is 17.3 Å². The summed E-state index contributed by atoms with van der Waals surface area (Å²) < 4.78 is 1.62. The van der Waals surface area contributed by atoms with Crippen molar-refractivity contribution in [2.75, 3.05) is 10.6 Å². The Morgan fingerprint density at radius 3 is 2.47 bits per heavy atom. The van der Waals surface area contributed by atoms with Gasteiger partial charge in [0.2, 0.25) is 5.95 Å². The minimum Gasteiger partial charge on any atom is -0.328 e. The lowest BCUT2D eigenvalue weighted by atomic mass is 9.96. The van der Waals surface area contributed by atoms with Crippen molar-refractivity contribution in [1.29, 1.82) is 0 Å². The number of carbonyl (C=O) groups excluding carboxylic acids is 1. The third-order valence-corrected chi connectivity index (χ3v) is 5.35. The van der Waals surface area contributed by atoms with Crippen LogP contribution >= 0.6 is 0 Å². The number of nitrogens with zero attached hydrogens (tertiary/aromatic N) is 6. The van der Waals surface area contributed by atoms with Crippen LogP contribution in [-0.2, 0) is 4.79 Å². The van der Waals surface area contributed by atoms with Crippen molar-refractivity contribution < 1.29 is 9.72 Å². The Morgan fingerprint density at radius 1 is 1.09 bits per heavy atom. The van der Waals surface area contributed by atoms with Gasteiger partial charge in [-0.2, -0.15) is 4.98 Å². The maximum atomic E-state index is 13.4. The molecular formula is C23H18N8O3. The molecule has 1 amide bonds. The number of fused-ring (bicyclic) bond motifs is 1. The summed E-state index contributed by atoms with van der Waals surface area (Å²) in [6.45, 7) is 1.80. The van der Waals surface area contributed by atoms with E-state index in [4.69, 9.17) is 0 Å². The van der Waals surface area contributed by atoms with Gasteiger partial charge in [0.05, 0.1) is 22.4 Å². The number of allylic oxidation sites excluding steroid dienone is 1. The Hall–Kier alpha value is -4.93. The molecule has 11 heteroatoms. The van der Waals surface area contributed by atoms with Crippen molar-refractivity contribution in [3.63, 3.8) is 0 Å². The molecule has 4 aromatic rings. The fourth-order valence-electron chi connectivity index (χ4n) is 3.78. The summed E-state index contributed by atoms with van der Waals surface area (Å²) in [6, 6.07) is 12.5. The summed E-state index contributed by atoms with van der Waals surface area (Å²) in [6.07, 6.45) is 6.53. The van der Waals surface area contributed by atoms with E-state index in [-0.39, 0.29) is 11.6 Å². The second-order valence-electron chi connectivity index (χ2n) is 7.56. The second kappa shape index (κ2) is 8.54. The fourth-order valence-corrected chi connectivity index (χ4v) is 3.78. The van der Waals surface area contributed by atoms with Crippen molar-refractivity contribution in [1.82, 2.24) is 24.7 Å². The Labute approximate surface area is 193 Å². The first-order valence-electron chi connectivity index (χ1n) is 10.3. The van der Waals surface area contributed by atoms with Crippen LogP contribution < -0.4 is 10.6 Å². The number of pyridine rings is 2. The smallest absolute Gasteiger partial charge is 0.269 e. The highest BCUT2D eigenvalue weighted by Gasteiger charge is 2.34. The van der Waals surface area contributed by atoms with Crippen LogP contribution in [0.15, 0.2) is 84.6 Å². The molecule has 1 unspecified atom stereocenters. The van der Waals surface area contributed by atoms with Gasteiger partial charge in [0.25, 0.3) is 11.6 Å². The molecule has 1 atom stereocenters. The number of benzene rings is 1. The molecule has 3 aromatic heterocycles. The van der Waals surface area contributed by atoms with Crippen molar-refractivity contribution in [3.05, 3.63) is 100 Å². The summed E-state index contributed by atoms with van der Waals surface area (Å²) >= 11 is 0. The number of hydrogen-bond donors (Lipinski definition) is 2. The monoisotopic (exact) mass is 454 g/mol. The summed E-state index contributed by atoms with van der Waals surface area (Å²) in [7, 11) is 0. The normalized spacial score (nSPS) is 14.8. The number of non-ortho nitro benzene ring substituents is 1. The largest absolute Gasteiger partial charge is 0.328 e.